The van der Waals surface area contributed by atoms with E-state index in [1.54, 1.807) is 7.11 Å². The summed E-state index contributed by atoms with van der Waals surface area (Å²) >= 11 is 0. The Bertz CT molecular complexity index is 708. The van der Waals surface area contributed by atoms with Crippen LogP contribution in [0.2, 0.25) is 0 Å². The van der Waals surface area contributed by atoms with E-state index in [0.29, 0.717) is 18.2 Å². The molecule has 0 saturated heterocycles. The minimum absolute atomic E-state index is 0.114. The highest BCUT2D eigenvalue weighted by molar-refractivity contribution is 5.74. The predicted octanol–water partition coefficient (Wildman–Crippen LogP) is 2.39. The highest BCUT2D eigenvalue weighted by Crippen LogP contribution is 2.18. The molecule has 0 saturated carbocycles. The molecule has 0 spiro atoms. The number of urea groups is 1. The van der Waals surface area contributed by atoms with Gasteiger partial charge in [0, 0.05) is 11.6 Å². The number of nitrogens with zero attached hydrogens (tertiary/aromatic N) is 2. The molecule has 2 aromatic rings. The van der Waals surface area contributed by atoms with E-state index < -0.39 is 0 Å². The minimum Gasteiger partial charge on any atom is -0.497 e. The molecular weight excluding hydrogens is 306 g/mol. The van der Waals surface area contributed by atoms with Crippen LogP contribution in [-0.4, -0.2) is 34.4 Å². The molecule has 3 rings (SSSR count). The van der Waals surface area contributed by atoms with Crippen molar-refractivity contribution >= 4 is 6.03 Å². The van der Waals surface area contributed by atoms with Crippen LogP contribution in [0.25, 0.3) is 11.4 Å². The molecule has 1 aromatic heterocycles. The monoisotopic (exact) mass is 327 g/mol. The van der Waals surface area contributed by atoms with E-state index in [9.17, 15) is 4.79 Å². The van der Waals surface area contributed by atoms with Crippen LogP contribution in [0.3, 0.4) is 0 Å². The normalized spacial score (nSPS) is 16.6. The summed E-state index contributed by atoms with van der Waals surface area (Å²) in [5.74, 6) is 1.98. The largest absolute Gasteiger partial charge is 0.497 e. The van der Waals surface area contributed by atoms with Gasteiger partial charge in [-0.3, -0.25) is 5.10 Å². The van der Waals surface area contributed by atoms with Crippen molar-refractivity contribution in [2.24, 2.45) is 0 Å². The summed E-state index contributed by atoms with van der Waals surface area (Å²) in [7, 11) is 1.62. The number of carbonyl (C=O) groups is 1. The Kier molecular flexibility index (Phi) is 5.10. The SMILES string of the molecule is COc1ccc(-c2n[nH]c(CNC(=O)N[C@@H]3C=CCCC3)n2)cc1. The Hall–Kier alpha value is -2.83. The fraction of sp³-hybridized carbons (Fsp3) is 0.353. The molecule has 1 atom stereocenters. The number of amides is 2. The molecule has 0 aliphatic heterocycles. The number of rotatable bonds is 5. The molecule has 1 aliphatic rings. The van der Waals surface area contributed by atoms with E-state index in [0.717, 1.165) is 30.6 Å². The Labute approximate surface area is 140 Å². The van der Waals surface area contributed by atoms with Crippen molar-refractivity contribution in [2.45, 2.75) is 31.8 Å². The molecule has 126 valence electrons. The highest BCUT2D eigenvalue weighted by atomic mass is 16.5. The zero-order chi connectivity index (χ0) is 16.8. The number of aromatic nitrogens is 3. The molecule has 1 aliphatic carbocycles. The van der Waals surface area contributed by atoms with Crippen LogP contribution < -0.4 is 15.4 Å². The topological polar surface area (TPSA) is 91.9 Å². The van der Waals surface area contributed by atoms with Crippen molar-refractivity contribution in [3.05, 3.63) is 42.2 Å². The van der Waals surface area contributed by atoms with Crippen LogP contribution in [-0.2, 0) is 6.54 Å². The zero-order valence-corrected chi connectivity index (χ0v) is 13.6. The van der Waals surface area contributed by atoms with Gasteiger partial charge in [0.25, 0.3) is 0 Å². The van der Waals surface area contributed by atoms with Gasteiger partial charge in [-0.25, -0.2) is 9.78 Å². The number of methoxy groups -OCH3 is 1. The van der Waals surface area contributed by atoms with Crippen molar-refractivity contribution < 1.29 is 9.53 Å². The Morgan fingerprint density at radius 3 is 2.92 bits per heavy atom. The molecule has 24 heavy (non-hydrogen) atoms. The number of benzene rings is 1. The summed E-state index contributed by atoms with van der Waals surface area (Å²) in [6.45, 7) is 0.297. The van der Waals surface area contributed by atoms with Crippen molar-refractivity contribution in [1.29, 1.82) is 0 Å². The smallest absolute Gasteiger partial charge is 0.315 e. The van der Waals surface area contributed by atoms with Crippen LogP contribution >= 0.6 is 0 Å². The number of nitrogens with one attached hydrogen (secondary N) is 3. The van der Waals surface area contributed by atoms with Gasteiger partial charge in [0.1, 0.15) is 11.6 Å². The number of hydrogen-bond donors (Lipinski definition) is 3. The number of ether oxygens (including phenoxy) is 1. The summed E-state index contributed by atoms with van der Waals surface area (Å²) in [4.78, 5) is 16.3. The van der Waals surface area contributed by atoms with Gasteiger partial charge >= 0.3 is 6.03 Å². The second-order valence-electron chi connectivity index (χ2n) is 5.63. The van der Waals surface area contributed by atoms with E-state index in [1.807, 2.05) is 30.3 Å². The molecule has 1 heterocycles. The average molecular weight is 327 g/mol. The second-order valence-corrected chi connectivity index (χ2v) is 5.63. The second kappa shape index (κ2) is 7.63. The molecule has 0 fully saturated rings. The standard InChI is InChI=1S/C17H21N5O2/c1-24-14-9-7-12(8-10-14)16-20-15(21-22-16)11-18-17(23)19-13-5-3-2-4-6-13/h3,5,7-10,13H,2,4,6,11H2,1H3,(H2,18,19,23)(H,20,21,22)/t13-/m1/s1. The molecule has 0 bridgehead atoms. The lowest BCUT2D eigenvalue weighted by Gasteiger charge is -2.17. The first-order chi connectivity index (χ1) is 11.7. The first-order valence-corrected chi connectivity index (χ1v) is 8.01. The van der Waals surface area contributed by atoms with Gasteiger partial charge in [-0.2, -0.15) is 5.10 Å². The van der Waals surface area contributed by atoms with E-state index in [4.69, 9.17) is 4.74 Å². The van der Waals surface area contributed by atoms with Gasteiger partial charge in [-0.1, -0.05) is 12.2 Å². The van der Waals surface area contributed by atoms with E-state index in [2.05, 4.69) is 31.9 Å². The number of allylic oxidation sites excluding steroid dienone is 1. The third-order valence-electron chi connectivity index (χ3n) is 3.87. The molecule has 2 amide bonds. The van der Waals surface area contributed by atoms with Crippen LogP contribution in [0.1, 0.15) is 25.1 Å². The van der Waals surface area contributed by atoms with E-state index in [-0.39, 0.29) is 12.1 Å². The highest BCUT2D eigenvalue weighted by Gasteiger charge is 2.12. The summed E-state index contributed by atoms with van der Waals surface area (Å²) < 4.78 is 5.13. The maximum absolute atomic E-state index is 11.9. The zero-order valence-electron chi connectivity index (χ0n) is 13.6. The Morgan fingerprint density at radius 2 is 2.21 bits per heavy atom. The quantitative estimate of drug-likeness (QED) is 0.735. The lowest BCUT2D eigenvalue weighted by atomic mass is 10.0. The number of hydrogen-bond acceptors (Lipinski definition) is 4. The number of carbonyl (C=O) groups excluding carboxylic acids is 1. The molecule has 3 N–H and O–H groups in total. The van der Waals surface area contributed by atoms with Gasteiger partial charge in [0.2, 0.25) is 0 Å². The van der Waals surface area contributed by atoms with Gasteiger partial charge in [-0.05, 0) is 43.5 Å². The number of aromatic amines is 1. The molecule has 1 aromatic carbocycles. The van der Waals surface area contributed by atoms with Gasteiger partial charge in [0.15, 0.2) is 5.82 Å². The molecule has 0 radical (unpaired) electrons. The van der Waals surface area contributed by atoms with Gasteiger partial charge in [-0.15, -0.1) is 0 Å². The van der Waals surface area contributed by atoms with Crippen LogP contribution in [0.4, 0.5) is 4.79 Å². The summed E-state index contributed by atoms with van der Waals surface area (Å²) in [6.07, 6.45) is 7.32. The van der Waals surface area contributed by atoms with Gasteiger partial charge in [0.05, 0.1) is 13.7 Å². The maximum Gasteiger partial charge on any atom is 0.315 e. The van der Waals surface area contributed by atoms with Crippen molar-refractivity contribution in [3.8, 4) is 17.1 Å². The number of H-pyrrole nitrogens is 1. The van der Waals surface area contributed by atoms with E-state index >= 15 is 0 Å². The van der Waals surface area contributed by atoms with Crippen molar-refractivity contribution in [3.63, 3.8) is 0 Å². The maximum atomic E-state index is 11.9. The lowest BCUT2D eigenvalue weighted by molar-refractivity contribution is 0.237. The fourth-order valence-corrected chi connectivity index (χ4v) is 2.56. The lowest BCUT2D eigenvalue weighted by Crippen LogP contribution is -2.41. The minimum atomic E-state index is -0.200. The van der Waals surface area contributed by atoms with Crippen molar-refractivity contribution in [1.82, 2.24) is 25.8 Å². The molecule has 7 heteroatoms. The third kappa shape index (κ3) is 4.13. The predicted molar refractivity (Wildman–Crippen MR) is 90.5 cm³/mol. The third-order valence-corrected chi connectivity index (χ3v) is 3.87. The first-order valence-electron chi connectivity index (χ1n) is 8.01. The van der Waals surface area contributed by atoms with Crippen molar-refractivity contribution in [2.75, 3.05) is 7.11 Å². The van der Waals surface area contributed by atoms with E-state index in [1.165, 1.54) is 0 Å². The fourth-order valence-electron chi connectivity index (χ4n) is 2.56. The van der Waals surface area contributed by atoms with Crippen LogP contribution in [0, 0.1) is 0 Å². The summed E-state index contributed by atoms with van der Waals surface area (Å²) in [6, 6.07) is 7.41. The Morgan fingerprint density at radius 1 is 1.38 bits per heavy atom. The first kappa shape index (κ1) is 16.0. The summed E-state index contributed by atoms with van der Waals surface area (Å²) in [5, 5.41) is 12.7. The van der Waals surface area contributed by atoms with Crippen LogP contribution in [0.15, 0.2) is 36.4 Å². The summed E-state index contributed by atoms with van der Waals surface area (Å²) in [5.41, 5.74) is 0.884. The Balaban J connectivity index is 1.52. The molecule has 7 nitrogen and oxygen atoms in total. The van der Waals surface area contributed by atoms with Crippen LogP contribution in [0.5, 0.6) is 5.75 Å². The molecular formula is C17H21N5O2. The van der Waals surface area contributed by atoms with Gasteiger partial charge < -0.3 is 15.4 Å². The average Bonchev–Trinajstić information content (AvgIpc) is 3.10. The molecule has 0 unspecified atom stereocenters.